The van der Waals surface area contributed by atoms with Gasteiger partial charge in [-0.2, -0.15) is 0 Å². The maximum absolute atomic E-state index is 12.5. The second-order valence-electron chi connectivity index (χ2n) is 5.04. The molecule has 1 aliphatic heterocycles. The molecule has 3 amide bonds. The fourth-order valence-corrected chi connectivity index (χ4v) is 2.77. The summed E-state index contributed by atoms with van der Waals surface area (Å²) in [4.78, 5) is 56.1. The largest absolute Gasteiger partial charge is 0.467 e. The summed E-state index contributed by atoms with van der Waals surface area (Å²) < 4.78 is 4.55. The number of amides is 3. The molecule has 146 valence electrons. The fraction of sp³-hybridized carbons (Fsp3) is 0.429. The number of halogens is 1. The van der Waals surface area contributed by atoms with Crippen LogP contribution in [-0.4, -0.2) is 66.1 Å². The normalized spacial score (nSPS) is 18.8. The van der Waals surface area contributed by atoms with Crippen molar-refractivity contribution in [3.8, 4) is 0 Å². The van der Waals surface area contributed by atoms with Gasteiger partial charge in [-0.05, 0) is 6.92 Å². The summed E-state index contributed by atoms with van der Waals surface area (Å²) in [6.45, 7) is 1.85. The average molecular weight is 418 g/mol. The molecule has 0 saturated carbocycles. The quantitative estimate of drug-likeness (QED) is 0.165. The van der Waals surface area contributed by atoms with E-state index in [2.05, 4.69) is 30.8 Å². The predicted molar refractivity (Wildman–Crippen MR) is 95.5 cm³/mol. The molecule has 1 saturated heterocycles. The molecule has 2 heterocycles. The number of hydrogen-bond donors (Lipinski definition) is 3. The number of carbonyl (C=O) groups excluding carboxylic acids is 4. The number of nitrogens with one attached hydrogen (secondary N) is 3. The van der Waals surface area contributed by atoms with Crippen molar-refractivity contribution >= 4 is 57.5 Å². The standard InChI is InChI=1S/C14H16ClN5O6S/c1-3-26-20-8(6-5-27-14(16-6)17-7(21)4-15)11(22)18-9-10(13(24)25-2)19-12(9)23/h5,9-10H,3-4H2,1-2H3,(H,18,22)(H,19,23)(H,16,17,21)/t9-,10-/m0/s1. The summed E-state index contributed by atoms with van der Waals surface area (Å²) >= 11 is 6.47. The summed E-state index contributed by atoms with van der Waals surface area (Å²) in [5, 5.41) is 12.6. The first-order valence-corrected chi connectivity index (χ1v) is 9.03. The highest BCUT2D eigenvalue weighted by atomic mass is 35.5. The molecule has 1 fully saturated rings. The Kier molecular flexibility index (Phi) is 7.07. The second-order valence-corrected chi connectivity index (χ2v) is 6.16. The van der Waals surface area contributed by atoms with E-state index in [4.69, 9.17) is 16.4 Å². The molecule has 0 radical (unpaired) electrons. The molecule has 3 N–H and O–H groups in total. The zero-order valence-corrected chi connectivity index (χ0v) is 15.8. The highest BCUT2D eigenvalue weighted by Crippen LogP contribution is 2.17. The molecule has 0 unspecified atom stereocenters. The van der Waals surface area contributed by atoms with Gasteiger partial charge in [0.25, 0.3) is 5.91 Å². The predicted octanol–water partition coefficient (Wildman–Crippen LogP) is -0.783. The lowest BCUT2D eigenvalue weighted by molar-refractivity contribution is -0.153. The first kappa shape index (κ1) is 20.6. The van der Waals surface area contributed by atoms with Crippen molar-refractivity contribution in [1.29, 1.82) is 0 Å². The van der Waals surface area contributed by atoms with Crippen LogP contribution in [0.3, 0.4) is 0 Å². The third-order valence-electron chi connectivity index (χ3n) is 3.27. The highest BCUT2D eigenvalue weighted by molar-refractivity contribution is 7.14. The SMILES string of the molecule is CCON=C(C(=O)N[C@@H]1C(=O)N[C@@H]1C(=O)OC)c1csc(NC(=O)CCl)n1. The van der Waals surface area contributed by atoms with Gasteiger partial charge in [0.1, 0.15) is 24.2 Å². The number of thiazole rings is 1. The number of rotatable bonds is 8. The Labute approximate surface area is 162 Å². The smallest absolute Gasteiger partial charge is 0.331 e. The van der Waals surface area contributed by atoms with Gasteiger partial charge in [0.15, 0.2) is 16.9 Å². The van der Waals surface area contributed by atoms with Gasteiger partial charge in [0, 0.05) is 5.38 Å². The van der Waals surface area contributed by atoms with E-state index in [9.17, 15) is 19.2 Å². The Morgan fingerprint density at radius 1 is 1.44 bits per heavy atom. The first-order valence-electron chi connectivity index (χ1n) is 7.62. The number of esters is 1. The van der Waals surface area contributed by atoms with E-state index in [0.717, 1.165) is 11.3 Å². The van der Waals surface area contributed by atoms with Crippen LogP contribution in [0.15, 0.2) is 10.5 Å². The molecule has 27 heavy (non-hydrogen) atoms. The minimum atomic E-state index is -1.11. The van der Waals surface area contributed by atoms with Crippen LogP contribution >= 0.6 is 22.9 Å². The third-order valence-corrected chi connectivity index (χ3v) is 4.27. The van der Waals surface area contributed by atoms with Gasteiger partial charge in [-0.3, -0.25) is 14.4 Å². The number of hydrogen-bond acceptors (Lipinski definition) is 9. The Morgan fingerprint density at radius 3 is 2.78 bits per heavy atom. The number of β-lactam (4-membered cyclic amide) rings is 1. The van der Waals surface area contributed by atoms with E-state index >= 15 is 0 Å². The van der Waals surface area contributed by atoms with Crippen molar-refractivity contribution in [2.75, 3.05) is 24.9 Å². The number of alkyl halides is 1. The van der Waals surface area contributed by atoms with Crippen LogP contribution in [0, 0.1) is 0 Å². The Morgan fingerprint density at radius 2 is 2.19 bits per heavy atom. The van der Waals surface area contributed by atoms with Crippen LogP contribution in [0.1, 0.15) is 12.6 Å². The van der Waals surface area contributed by atoms with Crippen LogP contribution in [0.25, 0.3) is 0 Å². The second kappa shape index (κ2) is 9.28. The summed E-state index contributed by atoms with van der Waals surface area (Å²) in [5.41, 5.74) is -0.104. The molecule has 2 rings (SSSR count). The minimum Gasteiger partial charge on any atom is -0.467 e. The van der Waals surface area contributed by atoms with Crippen molar-refractivity contribution in [2.24, 2.45) is 5.16 Å². The molecule has 1 aromatic heterocycles. The van der Waals surface area contributed by atoms with E-state index in [0.29, 0.717) is 0 Å². The van der Waals surface area contributed by atoms with Crippen LogP contribution in [0.4, 0.5) is 5.13 Å². The molecule has 2 atom stereocenters. The van der Waals surface area contributed by atoms with Gasteiger partial charge in [-0.1, -0.05) is 5.16 Å². The Balaban J connectivity index is 2.16. The molecule has 1 aromatic rings. The molecule has 1 aliphatic rings. The monoisotopic (exact) mass is 417 g/mol. The van der Waals surface area contributed by atoms with Gasteiger partial charge in [-0.15, -0.1) is 22.9 Å². The third kappa shape index (κ3) is 4.92. The number of anilines is 1. The number of oxime groups is 1. The lowest BCUT2D eigenvalue weighted by atomic mass is 9.99. The van der Waals surface area contributed by atoms with Gasteiger partial charge in [0.2, 0.25) is 11.8 Å². The lowest BCUT2D eigenvalue weighted by Gasteiger charge is -2.34. The minimum absolute atomic E-state index is 0.116. The molecule has 0 aliphatic carbocycles. The summed E-state index contributed by atoms with van der Waals surface area (Å²) in [6, 6.07) is -2.10. The van der Waals surface area contributed by atoms with Crippen molar-refractivity contribution in [3.63, 3.8) is 0 Å². The number of ether oxygens (including phenoxy) is 1. The zero-order chi connectivity index (χ0) is 20.0. The van der Waals surface area contributed by atoms with Crippen molar-refractivity contribution < 1.29 is 28.8 Å². The van der Waals surface area contributed by atoms with E-state index in [-0.39, 0.29) is 29.0 Å². The van der Waals surface area contributed by atoms with E-state index in [1.165, 1.54) is 12.5 Å². The van der Waals surface area contributed by atoms with Crippen LogP contribution in [0.5, 0.6) is 0 Å². The molecule has 0 bridgehead atoms. The lowest BCUT2D eigenvalue weighted by Crippen LogP contribution is -2.72. The van der Waals surface area contributed by atoms with Crippen LogP contribution in [0.2, 0.25) is 0 Å². The molecule has 0 spiro atoms. The fourth-order valence-electron chi connectivity index (χ4n) is 1.99. The Hall–Kier alpha value is -2.73. The molecule has 11 nitrogen and oxygen atoms in total. The maximum Gasteiger partial charge on any atom is 0.331 e. The van der Waals surface area contributed by atoms with Gasteiger partial charge >= 0.3 is 5.97 Å². The zero-order valence-electron chi connectivity index (χ0n) is 14.3. The number of methoxy groups -OCH3 is 1. The average Bonchev–Trinajstić information content (AvgIpc) is 3.11. The molecular weight excluding hydrogens is 402 g/mol. The summed E-state index contributed by atoms with van der Waals surface area (Å²) in [7, 11) is 1.17. The number of aromatic nitrogens is 1. The van der Waals surface area contributed by atoms with Gasteiger partial charge in [-0.25, -0.2) is 9.78 Å². The van der Waals surface area contributed by atoms with Crippen molar-refractivity contribution in [1.82, 2.24) is 15.6 Å². The molecule has 13 heteroatoms. The Bertz CT molecular complexity index is 782. The van der Waals surface area contributed by atoms with E-state index in [1.54, 1.807) is 6.92 Å². The van der Waals surface area contributed by atoms with Crippen LogP contribution in [-0.2, 0) is 28.8 Å². The topological polar surface area (TPSA) is 148 Å². The first-order chi connectivity index (χ1) is 12.9. The number of carbonyl (C=O) groups is 4. The van der Waals surface area contributed by atoms with E-state index < -0.39 is 35.8 Å². The maximum atomic E-state index is 12.5. The summed E-state index contributed by atoms with van der Waals surface area (Å²) in [5.74, 6) is -2.72. The number of nitrogens with zero attached hydrogens (tertiary/aromatic N) is 2. The summed E-state index contributed by atoms with van der Waals surface area (Å²) in [6.07, 6.45) is 0. The van der Waals surface area contributed by atoms with Gasteiger partial charge in [0.05, 0.1) is 7.11 Å². The molecular formula is C14H16ClN5O6S. The highest BCUT2D eigenvalue weighted by Gasteiger charge is 2.46. The van der Waals surface area contributed by atoms with Crippen molar-refractivity contribution in [3.05, 3.63) is 11.1 Å². The molecule has 0 aromatic carbocycles. The van der Waals surface area contributed by atoms with Gasteiger partial charge < -0.3 is 25.5 Å². The van der Waals surface area contributed by atoms with Crippen molar-refractivity contribution in [2.45, 2.75) is 19.0 Å². The van der Waals surface area contributed by atoms with Crippen LogP contribution < -0.4 is 16.0 Å². The van der Waals surface area contributed by atoms with E-state index in [1.807, 2.05) is 0 Å².